The summed E-state index contributed by atoms with van der Waals surface area (Å²) in [5, 5.41) is 5.24. The van der Waals surface area contributed by atoms with Crippen molar-refractivity contribution in [2.45, 2.75) is 83.0 Å². The van der Waals surface area contributed by atoms with Gasteiger partial charge in [0, 0.05) is 17.1 Å². The highest BCUT2D eigenvalue weighted by Gasteiger charge is 2.48. The Kier molecular flexibility index (Phi) is 14.6. The minimum Gasteiger partial charge on any atom is -0.315 e. The molecule has 6 aliphatic rings. The summed E-state index contributed by atoms with van der Waals surface area (Å²) >= 11 is 0. The lowest BCUT2D eigenvalue weighted by Gasteiger charge is -2.44. The van der Waals surface area contributed by atoms with E-state index in [1.165, 1.54) is 133 Å². The highest BCUT2D eigenvalue weighted by atomic mass is 15.2. The standard InChI is InChI=1S/C87H75N/c1-4-70(58-85-73(5-2)78-43-24-25-45-81(78)87(85,68-35-15-10-16-36-68)69-37-17-11-18-38-69)88(71-52-48-64(49-53-71)75-44-27-33-61-29-13-7-6-8-19-40-74(61)75)72-39-26-34-66(56-72)67-47-46-65-32-14-9-12-28-60(3)86(84(65)57-67)82-54-50-62-30-20-22-41-76(62)79(82)59-80-77-42-23-21-31-63(77)51-55-83(80)86/h6-12,14-25,27-28,30-33,35-39,41-58,61,74H,4-5,13,26,29,34,40,59H2,1-3H3/b7-6-,12-9-,19-8-,32-14+,60-28+,70-58+. The van der Waals surface area contributed by atoms with Crippen molar-refractivity contribution in [3.8, 4) is 0 Å². The second kappa shape index (κ2) is 23.3. The molecule has 1 nitrogen and oxygen atoms in total. The Morgan fingerprint density at radius 3 is 1.95 bits per heavy atom. The maximum atomic E-state index is 2.63. The van der Waals surface area contributed by atoms with Crippen molar-refractivity contribution >= 4 is 50.0 Å². The van der Waals surface area contributed by atoms with Crippen LogP contribution in [0.25, 0.3) is 44.3 Å². The molecule has 0 N–H and O–H groups in total. The molecule has 0 heterocycles. The normalized spacial score (nSPS) is 21.0. The molecule has 0 saturated carbocycles. The van der Waals surface area contributed by atoms with Crippen molar-refractivity contribution in [3.05, 3.63) is 375 Å². The number of hydrogen-bond acceptors (Lipinski definition) is 1. The van der Waals surface area contributed by atoms with Gasteiger partial charge in [-0.1, -0.05) is 280 Å². The van der Waals surface area contributed by atoms with Crippen LogP contribution in [0.15, 0.2) is 308 Å². The summed E-state index contributed by atoms with van der Waals surface area (Å²) in [4.78, 5) is 2.63. The van der Waals surface area contributed by atoms with E-state index in [0.717, 1.165) is 51.4 Å². The summed E-state index contributed by atoms with van der Waals surface area (Å²) in [5.74, 6) is 0.939. The SMILES string of the molecule is CCC1=C(/C=C(\CC)N(C2=CCCC(c3ccc4c(c3)C3(/C(C)=C/C=C\C=C\4)c4ccc5ccccc5c4Cc4c3ccc3ccccc43)=C2)c2ccc(C3=CC=CC4CC/C=C\C=C/CC34)cc2)C(c2ccccc2)(c2ccccc2)c2ccccc21. The number of anilines is 1. The van der Waals surface area contributed by atoms with Crippen molar-refractivity contribution in [2.75, 3.05) is 4.90 Å². The molecule has 6 aliphatic carbocycles. The number of benzene rings is 9. The Morgan fingerprint density at radius 2 is 1.24 bits per heavy atom. The van der Waals surface area contributed by atoms with Gasteiger partial charge in [0.05, 0.1) is 10.8 Å². The van der Waals surface area contributed by atoms with Crippen LogP contribution < -0.4 is 4.90 Å². The summed E-state index contributed by atoms with van der Waals surface area (Å²) < 4.78 is 0. The van der Waals surface area contributed by atoms with Crippen molar-refractivity contribution in [2.24, 2.45) is 11.8 Å². The Hall–Kier alpha value is -9.56. The number of hydrogen-bond donors (Lipinski definition) is 0. The molecule has 2 atom stereocenters. The van der Waals surface area contributed by atoms with E-state index >= 15 is 0 Å². The molecule has 1 spiro atoms. The average Bonchev–Trinajstić information content (AvgIpc) is 0.964. The first-order valence-corrected chi connectivity index (χ1v) is 32.3. The predicted octanol–water partition coefficient (Wildman–Crippen LogP) is 22.3. The molecular formula is C87H75N. The molecule has 9 aromatic rings. The van der Waals surface area contributed by atoms with Crippen LogP contribution >= 0.6 is 0 Å². The van der Waals surface area contributed by atoms with Crippen LogP contribution in [0.1, 0.15) is 132 Å². The fraction of sp³-hybridized carbons (Fsp3) is 0.172. The Balaban J connectivity index is 0.928. The topological polar surface area (TPSA) is 3.24 Å². The lowest BCUT2D eigenvalue weighted by molar-refractivity contribution is 0.461. The number of rotatable bonds is 10. The van der Waals surface area contributed by atoms with E-state index in [1.807, 2.05) is 0 Å². The fourth-order valence-corrected chi connectivity index (χ4v) is 16.4. The molecule has 0 fully saturated rings. The van der Waals surface area contributed by atoms with Gasteiger partial charge in [-0.2, -0.15) is 0 Å². The third kappa shape index (κ3) is 9.12. The summed E-state index contributed by atoms with van der Waals surface area (Å²) in [6.07, 6.45) is 43.2. The van der Waals surface area contributed by atoms with Crippen LogP contribution in [-0.4, -0.2) is 0 Å². The lowest BCUT2D eigenvalue weighted by atomic mass is 9.57. The summed E-state index contributed by atoms with van der Waals surface area (Å²) in [6.45, 7) is 7.10. The molecule has 0 saturated heterocycles. The molecule has 0 aliphatic heterocycles. The van der Waals surface area contributed by atoms with Gasteiger partial charge < -0.3 is 4.90 Å². The zero-order valence-electron chi connectivity index (χ0n) is 51.0. The van der Waals surface area contributed by atoms with Crippen LogP contribution in [0, 0.1) is 11.8 Å². The number of fused-ring (bicyclic) bond motifs is 12. The van der Waals surface area contributed by atoms with Gasteiger partial charge in [-0.05, 0) is 211 Å². The monoisotopic (exact) mass is 1130 g/mol. The Labute approximate surface area is 521 Å². The minimum atomic E-state index is -0.583. The first-order valence-electron chi connectivity index (χ1n) is 32.3. The van der Waals surface area contributed by atoms with E-state index in [4.69, 9.17) is 0 Å². The first kappa shape index (κ1) is 55.0. The summed E-state index contributed by atoms with van der Waals surface area (Å²) in [7, 11) is 0. The number of nitrogens with zero attached hydrogens (tertiary/aromatic N) is 1. The Morgan fingerprint density at radius 1 is 0.568 bits per heavy atom. The van der Waals surface area contributed by atoms with Gasteiger partial charge in [0.15, 0.2) is 0 Å². The van der Waals surface area contributed by atoms with E-state index < -0.39 is 10.8 Å². The van der Waals surface area contributed by atoms with E-state index in [1.54, 1.807) is 0 Å². The summed E-state index contributed by atoms with van der Waals surface area (Å²) in [5.41, 5.74) is 25.3. The highest BCUT2D eigenvalue weighted by molar-refractivity contribution is 5.95. The molecule has 428 valence electrons. The largest absolute Gasteiger partial charge is 0.315 e. The van der Waals surface area contributed by atoms with Crippen molar-refractivity contribution < 1.29 is 0 Å². The maximum absolute atomic E-state index is 2.63. The number of allylic oxidation sites excluding steroid dienone is 20. The quantitative estimate of drug-likeness (QED) is 0.132. The summed E-state index contributed by atoms with van der Waals surface area (Å²) in [6, 6.07) is 76.7. The molecule has 15 rings (SSSR count). The van der Waals surface area contributed by atoms with Crippen LogP contribution in [0.5, 0.6) is 0 Å². The van der Waals surface area contributed by atoms with Crippen molar-refractivity contribution in [3.63, 3.8) is 0 Å². The molecular weight excluding hydrogens is 1060 g/mol. The van der Waals surface area contributed by atoms with Gasteiger partial charge in [0.1, 0.15) is 0 Å². The van der Waals surface area contributed by atoms with Crippen LogP contribution in [0.2, 0.25) is 0 Å². The molecule has 88 heavy (non-hydrogen) atoms. The maximum Gasteiger partial charge on any atom is 0.0710 e. The van der Waals surface area contributed by atoms with Crippen molar-refractivity contribution in [1.29, 1.82) is 0 Å². The van der Waals surface area contributed by atoms with E-state index in [2.05, 4.69) is 317 Å². The van der Waals surface area contributed by atoms with Gasteiger partial charge in [-0.3, -0.25) is 0 Å². The van der Waals surface area contributed by atoms with Gasteiger partial charge in [-0.25, -0.2) is 0 Å². The molecule has 1 heteroatoms. The third-order valence-electron chi connectivity index (χ3n) is 20.4. The van der Waals surface area contributed by atoms with E-state index in [-0.39, 0.29) is 0 Å². The Bertz CT molecular complexity index is 4450. The van der Waals surface area contributed by atoms with Gasteiger partial charge in [0.25, 0.3) is 0 Å². The van der Waals surface area contributed by atoms with E-state index in [9.17, 15) is 0 Å². The van der Waals surface area contributed by atoms with E-state index in [0.29, 0.717) is 11.8 Å². The van der Waals surface area contributed by atoms with Crippen molar-refractivity contribution in [1.82, 2.24) is 0 Å². The zero-order valence-corrected chi connectivity index (χ0v) is 51.0. The molecule has 9 aromatic carbocycles. The minimum absolute atomic E-state index is 0.433. The third-order valence-corrected chi connectivity index (χ3v) is 20.4. The first-order chi connectivity index (χ1) is 43.5. The second-order valence-corrected chi connectivity index (χ2v) is 24.9. The molecule has 0 bridgehead atoms. The smallest absolute Gasteiger partial charge is 0.0710 e. The van der Waals surface area contributed by atoms with Crippen LogP contribution in [0.4, 0.5) is 5.69 Å². The van der Waals surface area contributed by atoms with Gasteiger partial charge in [-0.15, -0.1) is 0 Å². The fourth-order valence-electron chi connectivity index (χ4n) is 16.4. The predicted molar refractivity (Wildman–Crippen MR) is 374 cm³/mol. The van der Waals surface area contributed by atoms with Crippen LogP contribution in [-0.2, 0) is 17.3 Å². The zero-order chi connectivity index (χ0) is 59.2. The van der Waals surface area contributed by atoms with Gasteiger partial charge in [0.2, 0.25) is 0 Å². The van der Waals surface area contributed by atoms with Crippen LogP contribution in [0.3, 0.4) is 0 Å². The molecule has 2 unspecified atom stereocenters. The molecule has 0 amide bonds. The molecule has 0 aromatic heterocycles. The van der Waals surface area contributed by atoms with Gasteiger partial charge >= 0.3 is 0 Å². The lowest BCUT2D eigenvalue weighted by Crippen LogP contribution is -2.37. The second-order valence-electron chi connectivity index (χ2n) is 24.9. The average molecular weight is 1130 g/mol. The highest BCUT2D eigenvalue weighted by Crippen LogP contribution is 2.58. The molecule has 0 radical (unpaired) electrons.